The van der Waals surface area contributed by atoms with Crippen LogP contribution in [0.15, 0.2) is 12.5 Å². The molecular weight excluding hydrogens is 206 g/mol. The van der Waals surface area contributed by atoms with E-state index in [0.29, 0.717) is 6.54 Å². The highest BCUT2D eigenvalue weighted by molar-refractivity contribution is 5.79. The normalized spacial score (nSPS) is 19.3. The molecule has 0 saturated heterocycles. The van der Waals surface area contributed by atoms with Crippen molar-refractivity contribution in [1.29, 1.82) is 0 Å². The predicted molar refractivity (Wildman–Crippen MR) is 57.5 cm³/mol. The van der Waals surface area contributed by atoms with Gasteiger partial charge in [-0.25, -0.2) is 14.8 Å². The van der Waals surface area contributed by atoms with Gasteiger partial charge >= 0.3 is 5.97 Å². The number of nitrogens with one attached hydrogen (secondary N) is 1. The van der Waals surface area contributed by atoms with Crippen LogP contribution < -0.4 is 5.32 Å². The molecule has 1 N–H and O–H groups in total. The monoisotopic (exact) mass is 221 g/mol. The minimum Gasteiger partial charge on any atom is -0.459 e. The molecule has 1 unspecified atom stereocenters. The van der Waals surface area contributed by atoms with E-state index in [1.807, 2.05) is 20.8 Å². The number of hydrogen-bond donors (Lipinski definition) is 1. The largest absolute Gasteiger partial charge is 0.459 e. The van der Waals surface area contributed by atoms with Gasteiger partial charge in [-0.1, -0.05) is 0 Å². The Morgan fingerprint density at radius 2 is 2.31 bits per heavy atom. The zero-order chi connectivity index (χ0) is 11.8. The number of carbonyl (C=O) groups is 1. The second kappa shape index (κ2) is 3.83. The van der Waals surface area contributed by atoms with Crippen molar-refractivity contribution in [2.45, 2.75) is 39.0 Å². The molecule has 1 aromatic heterocycles. The molecule has 1 aliphatic heterocycles. The lowest BCUT2D eigenvalue weighted by Gasteiger charge is -2.22. The van der Waals surface area contributed by atoms with Crippen molar-refractivity contribution in [1.82, 2.24) is 15.3 Å². The number of esters is 1. The van der Waals surface area contributed by atoms with E-state index < -0.39 is 11.6 Å². The zero-order valence-corrected chi connectivity index (χ0v) is 9.65. The number of aromatic nitrogens is 2. The molecule has 2 heterocycles. The Morgan fingerprint density at radius 1 is 1.56 bits per heavy atom. The van der Waals surface area contributed by atoms with Crippen molar-refractivity contribution in [3.63, 3.8) is 0 Å². The molecule has 1 atom stereocenters. The summed E-state index contributed by atoms with van der Waals surface area (Å²) < 4.78 is 5.32. The summed E-state index contributed by atoms with van der Waals surface area (Å²) in [5.41, 5.74) is 1.21. The van der Waals surface area contributed by atoms with E-state index in [1.54, 1.807) is 6.20 Å². The minimum absolute atomic E-state index is 0.277. The summed E-state index contributed by atoms with van der Waals surface area (Å²) in [5, 5.41) is 3.07. The molecule has 0 fully saturated rings. The summed E-state index contributed by atoms with van der Waals surface area (Å²) in [4.78, 5) is 19.9. The third kappa shape index (κ3) is 2.19. The molecule has 0 radical (unpaired) electrons. The standard InChI is InChI=1S/C11H15N3O2/c1-11(2,3)16-10(15)9-7-4-12-6-14-8(7)5-13-9/h4,6,9,13H,5H2,1-3H3. The van der Waals surface area contributed by atoms with Crippen molar-refractivity contribution < 1.29 is 9.53 Å². The van der Waals surface area contributed by atoms with Gasteiger partial charge in [0.05, 0.1) is 5.69 Å². The lowest BCUT2D eigenvalue weighted by molar-refractivity contribution is -0.157. The Kier molecular flexibility index (Phi) is 2.63. The van der Waals surface area contributed by atoms with E-state index in [2.05, 4.69) is 15.3 Å². The quantitative estimate of drug-likeness (QED) is 0.716. The van der Waals surface area contributed by atoms with Crippen molar-refractivity contribution in [2.24, 2.45) is 0 Å². The van der Waals surface area contributed by atoms with Gasteiger partial charge in [0.15, 0.2) is 0 Å². The molecule has 0 aliphatic carbocycles. The van der Waals surface area contributed by atoms with Crippen LogP contribution in [0.5, 0.6) is 0 Å². The van der Waals surface area contributed by atoms with E-state index in [1.165, 1.54) is 6.33 Å². The minimum atomic E-state index is -0.475. The fraction of sp³-hybridized carbons (Fsp3) is 0.545. The molecule has 1 aliphatic rings. The van der Waals surface area contributed by atoms with Crippen molar-refractivity contribution in [3.8, 4) is 0 Å². The van der Waals surface area contributed by atoms with Gasteiger partial charge in [0, 0.05) is 18.3 Å². The highest BCUT2D eigenvalue weighted by Gasteiger charge is 2.32. The second-order valence-electron chi connectivity index (χ2n) is 4.77. The lowest BCUT2D eigenvalue weighted by Crippen LogP contribution is -2.31. The van der Waals surface area contributed by atoms with E-state index in [0.717, 1.165) is 11.3 Å². The molecule has 16 heavy (non-hydrogen) atoms. The maximum absolute atomic E-state index is 11.9. The second-order valence-corrected chi connectivity index (χ2v) is 4.77. The van der Waals surface area contributed by atoms with Crippen molar-refractivity contribution in [3.05, 3.63) is 23.8 Å². The van der Waals surface area contributed by atoms with E-state index >= 15 is 0 Å². The van der Waals surface area contributed by atoms with Gasteiger partial charge in [-0.3, -0.25) is 5.32 Å². The maximum atomic E-state index is 11.9. The average Bonchev–Trinajstić information content (AvgIpc) is 2.58. The molecule has 5 heteroatoms. The number of ether oxygens (including phenoxy) is 1. The number of rotatable bonds is 1. The zero-order valence-electron chi connectivity index (χ0n) is 9.65. The fourth-order valence-corrected chi connectivity index (χ4v) is 1.63. The third-order valence-corrected chi connectivity index (χ3v) is 2.25. The van der Waals surface area contributed by atoms with E-state index in [9.17, 15) is 4.79 Å². The summed E-state index contributed by atoms with van der Waals surface area (Å²) in [6, 6.07) is -0.435. The SMILES string of the molecule is CC(C)(C)OC(=O)C1NCc2ncncc21. The first-order valence-electron chi connectivity index (χ1n) is 5.22. The van der Waals surface area contributed by atoms with Crippen LogP contribution in [0.25, 0.3) is 0 Å². The number of hydrogen-bond acceptors (Lipinski definition) is 5. The number of carbonyl (C=O) groups excluding carboxylic acids is 1. The first-order valence-corrected chi connectivity index (χ1v) is 5.22. The fourth-order valence-electron chi connectivity index (χ4n) is 1.63. The molecular formula is C11H15N3O2. The van der Waals surface area contributed by atoms with Crippen LogP contribution in [0.3, 0.4) is 0 Å². The van der Waals surface area contributed by atoms with Gasteiger partial charge in [0.25, 0.3) is 0 Å². The van der Waals surface area contributed by atoms with Gasteiger partial charge in [-0.05, 0) is 20.8 Å². The van der Waals surface area contributed by atoms with Gasteiger partial charge in [-0.2, -0.15) is 0 Å². The Balaban J connectivity index is 2.16. The molecule has 0 aromatic carbocycles. The average molecular weight is 221 g/mol. The van der Waals surface area contributed by atoms with Crippen LogP contribution in [-0.4, -0.2) is 21.5 Å². The van der Waals surface area contributed by atoms with Crippen molar-refractivity contribution in [2.75, 3.05) is 0 Å². The summed E-state index contributed by atoms with van der Waals surface area (Å²) in [6.45, 7) is 6.13. The molecule has 1 aromatic rings. The maximum Gasteiger partial charge on any atom is 0.328 e. The molecule has 0 bridgehead atoms. The first kappa shape index (κ1) is 11.0. The molecule has 0 amide bonds. The summed E-state index contributed by atoms with van der Waals surface area (Å²) in [7, 11) is 0. The highest BCUT2D eigenvalue weighted by Crippen LogP contribution is 2.25. The molecule has 86 valence electrons. The number of nitrogens with zero attached hydrogens (tertiary/aromatic N) is 2. The first-order chi connectivity index (χ1) is 7.47. The number of fused-ring (bicyclic) bond motifs is 1. The smallest absolute Gasteiger partial charge is 0.328 e. The molecule has 0 spiro atoms. The van der Waals surface area contributed by atoms with Crippen LogP contribution in [0.2, 0.25) is 0 Å². The summed E-state index contributed by atoms with van der Waals surface area (Å²) >= 11 is 0. The Labute approximate surface area is 94.2 Å². The van der Waals surface area contributed by atoms with Crippen LogP contribution >= 0.6 is 0 Å². The Hall–Kier alpha value is -1.49. The molecule has 2 rings (SSSR count). The highest BCUT2D eigenvalue weighted by atomic mass is 16.6. The van der Waals surface area contributed by atoms with Gasteiger partial charge in [0.2, 0.25) is 0 Å². The topological polar surface area (TPSA) is 64.1 Å². The predicted octanol–water partition coefficient (Wildman–Crippen LogP) is 0.963. The van der Waals surface area contributed by atoms with Crippen LogP contribution in [0.1, 0.15) is 38.1 Å². The molecule has 0 saturated carbocycles. The summed E-state index contributed by atoms with van der Waals surface area (Å²) in [5.74, 6) is -0.277. The third-order valence-electron chi connectivity index (χ3n) is 2.25. The van der Waals surface area contributed by atoms with Gasteiger partial charge in [-0.15, -0.1) is 0 Å². The van der Waals surface area contributed by atoms with Crippen LogP contribution in [0.4, 0.5) is 0 Å². The van der Waals surface area contributed by atoms with Crippen molar-refractivity contribution >= 4 is 5.97 Å². The lowest BCUT2D eigenvalue weighted by atomic mass is 10.1. The molecule has 5 nitrogen and oxygen atoms in total. The van der Waals surface area contributed by atoms with Gasteiger partial charge < -0.3 is 4.74 Å². The van der Waals surface area contributed by atoms with Crippen LogP contribution in [-0.2, 0) is 16.1 Å². The van der Waals surface area contributed by atoms with Gasteiger partial charge in [0.1, 0.15) is 18.0 Å². The van der Waals surface area contributed by atoms with E-state index in [-0.39, 0.29) is 5.97 Å². The summed E-state index contributed by atoms with van der Waals surface area (Å²) in [6.07, 6.45) is 3.15. The Morgan fingerprint density at radius 3 is 3.00 bits per heavy atom. The Bertz CT molecular complexity index is 412. The van der Waals surface area contributed by atoms with E-state index in [4.69, 9.17) is 4.74 Å². The van der Waals surface area contributed by atoms with Crippen LogP contribution in [0, 0.1) is 0 Å².